The van der Waals surface area contributed by atoms with Crippen molar-refractivity contribution in [2.45, 2.75) is 33.2 Å². The molecule has 1 atom stereocenters. The Hall–Kier alpha value is -1.53. The van der Waals surface area contributed by atoms with Crippen LogP contribution in [0.5, 0.6) is 0 Å². The van der Waals surface area contributed by atoms with Gasteiger partial charge in [0, 0.05) is 19.2 Å². The topological polar surface area (TPSA) is 41.6 Å². The number of thiocarbonyl (C=S) groups is 2. The monoisotopic (exact) mass is 338 g/mol. The number of nitrogens with zero attached hydrogens (tertiary/aromatic N) is 1. The van der Waals surface area contributed by atoms with Gasteiger partial charge in [-0.15, -0.1) is 0 Å². The molecule has 0 radical (unpaired) electrons. The van der Waals surface area contributed by atoms with E-state index < -0.39 is 6.04 Å². The minimum Gasteiger partial charge on any atom is -0.467 e. The molecule has 0 aliphatic heterocycles. The number of aryl methyl sites for hydroxylation is 2. The lowest BCUT2D eigenvalue weighted by molar-refractivity contribution is -0.141. The molecule has 0 saturated heterocycles. The third-order valence-corrected chi connectivity index (χ3v) is 4.16. The van der Waals surface area contributed by atoms with Gasteiger partial charge < -0.3 is 15.0 Å². The van der Waals surface area contributed by atoms with Crippen LogP contribution in [0.25, 0.3) is 0 Å². The number of methoxy groups -OCH3 is 1. The summed E-state index contributed by atoms with van der Waals surface area (Å²) in [6.07, 6.45) is 0.413. The lowest BCUT2D eigenvalue weighted by Crippen LogP contribution is -2.45. The first-order valence-electron chi connectivity index (χ1n) is 7.00. The molecule has 22 heavy (non-hydrogen) atoms. The maximum absolute atomic E-state index is 12.0. The van der Waals surface area contributed by atoms with Crippen molar-refractivity contribution in [3.63, 3.8) is 0 Å². The minimum atomic E-state index is -0.517. The van der Waals surface area contributed by atoms with E-state index in [0.29, 0.717) is 16.4 Å². The summed E-state index contributed by atoms with van der Waals surface area (Å²) in [5, 5.41) is 2.91. The molecule has 6 heteroatoms. The fourth-order valence-electron chi connectivity index (χ4n) is 2.31. The van der Waals surface area contributed by atoms with Gasteiger partial charge in [0.2, 0.25) is 0 Å². The average molecular weight is 338 g/mol. The highest BCUT2D eigenvalue weighted by molar-refractivity contribution is 7.82. The number of carbonyl (C=O) groups excluding carboxylic acids is 1. The number of rotatable bonds is 5. The molecule has 0 amide bonds. The van der Waals surface area contributed by atoms with Gasteiger partial charge in [-0.2, -0.15) is 0 Å². The van der Waals surface area contributed by atoms with E-state index in [1.54, 1.807) is 14.0 Å². The van der Waals surface area contributed by atoms with E-state index in [4.69, 9.17) is 29.2 Å². The zero-order valence-corrected chi connectivity index (χ0v) is 15.2. The third-order valence-electron chi connectivity index (χ3n) is 3.47. The smallest absolute Gasteiger partial charge is 0.328 e. The van der Waals surface area contributed by atoms with Gasteiger partial charge in [0.15, 0.2) is 0 Å². The number of nitrogens with one attached hydrogen (secondary N) is 1. The predicted molar refractivity (Wildman–Crippen MR) is 98.7 cm³/mol. The van der Waals surface area contributed by atoms with E-state index in [-0.39, 0.29) is 5.97 Å². The fourth-order valence-corrected chi connectivity index (χ4v) is 2.93. The van der Waals surface area contributed by atoms with Gasteiger partial charge in [0.25, 0.3) is 0 Å². The molecule has 0 fully saturated rings. The number of anilines is 1. The molecule has 1 aromatic carbocycles. The second-order valence-electron chi connectivity index (χ2n) is 5.05. The second kappa shape index (κ2) is 8.19. The highest BCUT2D eigenvalue weighted by atomic mass is 32.1. The van der Waals surface area contributed by atoms with Crippen molar-refractivity contribution >= 4 is 46.1 Å². The summed E-state index contributed by atoms with van der Waals surface area (Å²) in [5.74, 6) is -0.333. The molecule has 1 unspecified atom stereocenters. The Bertz CT molecular complexity index is 567. The van der Waals surface area contributed by atoms with Crippen molar-refractivity contribution in [1.82, 2.24) is 5.32 Å². The maximum atomic E-state index is 12.0. The highest BCUT2D eigenvalue weighted by Gasteiger charge is 2.28. The molecule has 0 aliphatic rings. The Labute approximate surface area is 142 Å². The third kappa shape index (κ3) is 4.24. The van der Waals surface area contributed by atoms with Crippen LogP contribution >= 0.6 is 24.4 Å². The van der Waals surface area contributed by atoms with Crippen LogP contribution in [0.4, 0.5) is 5.69 Å². The van der Waals surface area contributed by atoms with E-state index in [9.17, 15) is 4.79 Å². The maximum Gasteiger partial charge on any atom is 0.328 e. The summed E-state index contributed by atoms with van der Waals surface area (Å²) < 4.78 is 4.89. The van der Waals surface area contributed by atoms with Crippen LogP contribution in [0.1, 0.15) is 24.5 Å². The van der Waals surface area contributed by atoms with Gasteiger partial charge in [0.1, 0.15) is 6.04 Å². The van der Waals surface area contributed by atoms with E-state index in [1.165, 1.54) is 7.11 Å². The van der Waals surface area contributed by atoms with E-state index >= 15 is 0 Å². The van der Waals surface area contributed by atoms with Crippen LogP contribution in [0.2, 0.25) is 0 Å². The van der Waals surface area contributed by atoms with E-state index in [1.807, 2.05) is 36.9 Å². The molecule has 120 valence electrons. The Morgan fingerprint density at radius 1 is 1.32 bits per heavy atom. The summed E-state index contributed by atoms with van der Waals surface area (Å²) in [5.41, 5.74) is 3.03. The van der Waals surface area contributed by atoms with Crippen molar-refractivity contribution in [2.24, 2.45) is 0 Å². The van der Waals surface area contributed by atoms with Gasteiger partial charge in [0.05, 0.1) is 17.1 Å². The number of benzene rings is 1. The molecule has 1 N–H and O–H groups in total. The molecular formula is C16H22N2O2S2. The van der Waals surface area contributed by atoms with Gasteiger partial charge in [-0.1, -0.05) is 42.6 Å². The van der Waals surface area contributed by atoms with Crippen LogP contribution in [-0.4, -0.2) is 36.1 Å². The molecule has 4 nitrogen and oxygen atoms in total. The molecule has 0 heterocycles. The number of para-hydroxylation sites is 1. The van der Waals surface area contributed by atoms with Crippen LogP contribution in [-0.2, 0) is 9.53 Å². The van der Waals surface area contributed by atoms with Crippen LogP contribution < -0.4 is 10.2 Å². The van der Waals surface area contributed by atoms with Crippen LogP contribution in [0, 0.1) is 13.8 Å². The molecule has 1 aromatic rings. The SMILES string of the molecule is CNC(=S)CC(=S)N(c1c(C)cccc1C)C(C)C(=O)OC. The Balaban J connectivity index is 3.31. The molecular weight excluding hydrogens is 316 g/mol. The summed E-state index contributed by atoms with van der Waals surface area (Å²) in [6.45, 7) is 5.78. The van der Waals surface area contributed by atoms with Crippen molar-refractivity contribution < 1.29 is 9.53 Å². The fraction of sp³-hybridized carbons (Fsp3) is 0.438. The zero-order valence-electron chi connectivity index (χ0n) is 13.6. The van der Waals surface area contributed by atoms with Gasteiger partial charge in [-0.3, -0.25) is 0 Å². The lowest BCUT2D eigenvalue weighted by atomic mass is 10.1. The van der Waals surface area contributed by atoms with Gasteiger partial charge >= 0.3 is 5.97 Å². The first-order chi connectivity index (χ1) is 10.3. The van der Waals surface area contributed by atoms with E-state index in [2.05, 4.69) is 5.32 Å². The number of hydrogen-bond donors (Lipinski definition) is 1. The molecule has 0 bridgehead atoms. The second-order valence-corrected chi connectivity index (χ2v) is 6.02. The number of ether oxygens (including phenoxy) is 1. The normalized spacial score (nSPS) is 11.5. The van der Waals surface area contributed by atoms with Gasteiger partial charge in [-0.25, -0.2) is 4.79 Å². The van der Waals surface area contributed by atoms with Crippen molar-refractivity contribution in [3.8, 4) is 0 Å². The first-order valence-corrected chi connectivity index (χ1v) is 7.81. The Morgan fingerprint density at radius 2 is 1.86 bits per heavy atom. The van der Waals surface area contributed by atoms with Crippen LogP contribution in [0.3, 0.4) is 0 Å². The van der Waals surface area contributed by atoms with E-state index in [0.717, 1.165) is 16.8 Å². The molecule has 0 spiro atoms. The summed E-state index contributed by atoms with van der Waals surface area (Å²) in [4.78, 5) is 15.1. The number of esters is 1. The average Bonchev–Trinajstić information content (AvgIpc) is 2.49. The number of carbonyl (C=O) groups is 1. The highest BCUT2D eigenvalue weighted by Crippen LogP contribution is 2.28. The Kier molecular flexibility index (Phi) is 6.90. The number of hydrogen-bond acceptors (Lipinski definition) is 4. The first kappa shape index (κ1) is 18.5. The summed E-state index contributed by atoms with van der Waals surface area (Å²) in [6, 6.07) is 5.46. The predicted octanol–water partition coefficient (Wildman–Crippen LogP) is 2.94. The Morgan fingerprint density at radius 3 is 2.32 bits per heavy atom. The molecule has 0 aliphatic carbocycles. The van der Waals surface area contributed by atoms with Gasteiger partial charge in [-0.05, 0) is 31.9 Å². The van der Waals surface area contributed by atoms with Crippen molar-refractivity contribution in [3.05, 3.63) is 29.3 Å². The largest absolute Gasteiger partial charge is 0.467 e. The zero-order chi connectivity index (χ0) is 16.9. The summed E-state index contributed by atoms with van der Waals surface area (Å²) >= 11 is 10.8. The van der Waals surface area contributed by atoms with Crippen molar-refractivity contribution in [2.75, 3.05) is 19.1 Å². The molecule has 0 aromatic heterocycles. The van der Waals surface area contributed by atoms with Crippen LogP contribution in [0.15, 0.2) is 18.2 Å². The molecule has 1 rings (SSSR count). The molecule has 0 saturated carbocycles. The summed E-state index contributed by atoms with van der Waals surface area (Å²) in [7, 11) is 3.14. The lowest BCUT2D eigenvalue weighted by Gasteiger charge is -2.32. The standard InChI is InChI=1S/C16H22N2O2S2/c1-10-7-6-8-11(2)15(10)18(12(3)16(19)20-5)14(22)9-13(21)17-4/h6-8,12H,9H2,1-5H3,(H,17,21). The van der Waals surface area contributed by atoms with Crippen molar-refractivity contribution in [1.29, 1.82) is 0 Å². The quantitative estimate of drug-likeness (QED) is 0.658. The minimum absolute atomic E-state index is 0.333.